The number of nitrogens with zero attached hydrogens (tertiary/aromatic N) is 6. The molecule has 0 aliphatic carbocycles. The second-order valence-corrected chi connectivity index (χ2v) is 11.8. The van der Waals surface area contributed by atoms with Crippen molar-refractivity contribution in [2.75, 3.05) is 51.3 Å². The van der Waals surface area contributed by atoms with Crippen LogP contribution >= 0.6 is 22.9 Å². The number of nitriles is 2. The number of ether oxygens (including phenoxy) is 1. The Labute approximate surface area is 230 Å². The summed E-state index contributed by atoms with van der Waals surface area (Å²) in [5.74, 6) is 0.470. The number of rotatable bonds is 9. The zero-order valence-corrected chi connectivity index (χ0v) is 23.0. The van der Waals surface area contributed by atoms with Gasteiger partial charge in [-0.2, -0.15) is 14.8 Å². The van der Waals surface area contributed by atoms with Crippen LogP contribution < -0.4 is 9.64 Å². The first kappa shape index (κ1) is 27.6. The van der Waals surface area contributed by atoms with Gasteiger partial charge in [0.25, 0.3) is 5.91 Å². The first-order valence-electron chi connectivity index (χ1n) is 11.8. The minimum Gasteiger partial charge on any atom is -0.494 e. The van der Waals surface area contributed by atoms with Crippen molar-refractivity contribution >= 4 is 54.2 Å². The lowest BCUT2D eigenvalue weighted by molar-refractivity contribution is 0.0746. The number of halogens is 1. The average Bonchev–Trinajstić information content (AvgIpc) is 3.39. The predicted octanol–water partition coefficient (Wildman–Crippen LogP) is 3.74. The molecule has 1 aliphatic rings. The molecule has 38 heavy (non-hydrogen) atoms. The molecule has 10 nitrogen and oxygen atoms in total. The maximum absolute atomic E-state index is 13.1. The summed E-state index contributed by atoms with van der Waals surface area (Å²) < 4.78 is 33.4. The molecule has 0 bridgehead atoms. The molecular weight excluding hydrogens is 548 g/mol. The minimum absolute atomic E-state index is 0.000875. The maximum Gasteiger partial charge on any atom is 0.253 e. The van der Waals surface area contributed by atoms with E-state index in [0.717, 1.165) is 14.1 Å². The van der Waals surface area contributed by atoms with Crippen LogP contribution in [0.5, 0.6) is 5.75 Å². The van der Waals surface area contributed by atoms with Crippen LogP contribution in [0, 0.1) is 22.7 Å². The summed E-state index contributed by atoms with van der Waals surface area (Å²) in [7, 11) is -2.30. The number of benzene rings is 2. The van der Waals surface area contributed by atoms with E-state index in [1.807, 2.05) is 12.1 Å². The summed E-state index contributed by atoms with van der Waals surface area (Å²) in [5, 5.41) is 19.1. The number of carbonyl (C=O) groups is 1. The first-order valence-corrected chi connectivity index (χ1v) is 14.4. The molecule has 0 spiro atoms. The zero-order chi connectivity index (χ0) is 27.3. The van der Waals surface area contributed by atoms with Gasteiger partial charge in [0.2, 0.25) is 10.0 Å². The molecular formula is C25H25ClN6O4S2. The van der Waals surface area contributed by atoms with Gasteiger partial charge in [-0.3, -0.25) is 4.79 Å². The molecule has 198 valence electrons. The van der Waals surface area contributed by atoms with Crippen LogP contribution in [0.3, 0.4) is 0 Å². The van der Waals surface area contributed by atoms with Crippen molar-refractivity contribution in [2.24, 2.45) is 0 Å². The standard InChI is InChI=1S/C25H25ClN6O4S2/c1-36-21-9-8-20(26)23-22(21)29-25(37-23)31-16-14-30(15-17-31)24(33)18-4-6-19(7-5-18)38(34,35)32(12-2-10-27)13-3-11-28/h4-9H,2-3,12-17H2,1H3. The van der Waals surface area contributed by atoms with Crippen molar-refractivity contribution in [3.8, 4) is 17.9 Å². The summed E-state index contributed by atoms with van der Waals surface area (Å²) in [4.78, 5) is 21.7. The smallest absolute Gasteiger partial charge is 0.253 e. The third kappa shape index (κ3) is 5.69. The van der Waals surface area contributed by atoms with Gasteiger partial charge in [0.1, 0.15) is 11.3 Å². The van der Waals surface area contributed by atoms with E-state index in [-0.39, 0.29) is 36.7 Å². The summed E-state index contributed by atoms with van der Waals surface area (Å²) >= 11 is 7.83. The molecule has 0 radical (unpaired) electrons. The molecule has 0 N–H and O–H groups in total. The van der Waals surface area contributed by atoms with Crippen LogP contribution in [0.2, 0.25) is 5.02 Å². The fraction of sp³-hybridized carbons (Fsp3) is 0.360. The van der Waals surface area contributed by atoms with Crippen LogP contribution in [-0.2, 0) is 10.0 Å². The Kier molecular flexibility index (Phi) is 8.69. The lowest BCUT2D eigenvalue weighted by Crippen LogP contribution is -2.48. The van der Waals surface area contributed by atoms with Crippen LogP contribution in [0.1, 0.15) is 23.2 Å². The van der Waals surface area contributed by atoms with Gasteiger partial charge in [-0.25, -0.2) is 13.4 Å². The summed E-state index contributed by atoms with van der Waals surface area (Å²) in [6.07, 6.45) is 0.0373. The second kappa shape index (κ2) is 12.0. The molecule has 1 fully saturated rings. The van der Waals surface area contributed by atoms with Gasteiger partial charge in [0.05, 0.1) is 33.9 Å². The molecule has 2 heterocycles. The molecule has 2 aromatic carbocycles. The van der Waals surface area contributed by atoms with Crippen LogP contribution in [0.4, 0.5) is 5.13 Å². The topological polar surface area (TPSA) is 131 Å². The number of sulfonamides is 1. The maximum atomic E-state index is 13.1. The Morgan fingerprint density at radius 1 is 1.08 bits per heavy atom. The number of fused-ring (bicyclic) bond motifs is 1. The van der Waals surface area contributed by atoms with Crippen molar-refractivity contribution in [3.63, 3.8) is 0 Å². The van der Waals surface area contributed by atoms with E-state index < -0.39 is 10.0 Å². The number of piperazine rings is 1. The molecule has 1 saturated heterocycles. The van der Waals surface area contributed by atoms with E-state index in [9.17, 15) is 13.2 Å². The Balaban J connectivity index is 1.42. The highest BCUT2D eigenvalue weighted by Crippen LogP contribution is 2.38. The van der Waals surface area contributed by atoms with Gasteiger partial charge in [-0.05, 0) is 36.4 Å². The van der Waals surface area contributed by atoms with E-state index in [0.29, 0.717) is 48.0 Å². The normalized spacial score (nSPS) is 13.9. The third-order valence-electron chi connectivity index (χ3n) is 6.19. The van der Waals surface area contributed by atoms with Crippen molar-refractivity contribution in [1.82, 2.24) is 14.2 Å². The number of anilines is 1. The fourth-order valence-corrected chi connectivity index (χ4v) is 6.89. The number of aromatic nitrogens is 1. The molecule has 4 rings (SSSR count). The highest BCUT2D eigenvalue weighted by molar-refractivity contribution is 7.89. The molecule has 1 aromatic heterocycles. The number of methoxy groups -OCH3 is 1. The molecule has 0 unspecified atom stereocenters. The highest BCUT2D eigenvalue weighted by atomic mass is 35.5. The lowest BCUT2D eigenvalue weighted by Gasteiger charge is -2.34. The molecule has 0 saturated carbocycles. The number of hydrogen-bond donors (Lipinski definition) is 0. The third-order valence-corrected chi connectivity index (χ3v) is 9.68. The van der Waals surface area contributed by atoms with E-state index in [1.165, 1.54) is 35.6 Å². The summed E-state index contributed by atoms with van der Waals surface area (Å²) in [6, 6.07) is 13.2. The van der Waals surface area contributed by atoms with Gasteiger partial charge in [-0.15, -0.1) is 0 Å². The summed E-state index contributed by atoms with van der Waals surface area (Å²) in [6.45, 7) is 2.14. The van der Waals surface area contributed by atoms with Crippen molar-refractivity contribution in [3.05, 3.63) is 47.0 Å². The Bertz CT molecular complexity index is 1490. The summed E-state index contributed by atoms with van der Waals surface area (Å²) in [5.41, 5.74) is 1.10. The Morgan fingerprint density at radius 2 is 1.71 bits per heavy atom. The predicted molar refractivity (Wildman–Crippen MR) is 145 cm³/mol. The van der Waals surface area contributed by atoms with E-state index in [2.05, 4.69) is 4.90 Å². The number of thiazole rings is 1. The fourth-order valence-electron chi connectivity index (χ4n) is 4.14. The van der Waals surface area contributed by atoms with E-state index >= 15 is 0 Å². The van der Waals surface area contributed by atoms with Crippen LogP contribution in [0.15, 0.2) is 41.3 Å². The van der Waals surface area contributed by atoms with Gasteiger partial charge >= 0.3 is 0 Å². The zero-order valence-electron chi connectivity index (χ0n) is 20.6. The van der Waals surface area contributed by atoms with Gasteiger partial charge in [0, 0.05) is 57.7 Å². The van der Waals surface area contributed by atoms with Crippen LogP contribution in [0.25, 0.3) is 10.2 Å². The van der Waals surface area contributed by atoms with E-state index in [1.54, 1.807) is 24.1 Å². The average molecular weight is 573 g/mol. The molecule has 1 aliphatic heterocycles. The minimum atomic E-state index is -3.89. The SMILES string of the molecule is COc1ccc(Cl)c2sc(N3CCN(C(=O)c4ccc(S(=O)(=O)N(CCC#N)CCC#N)cc4)CC3)nc12. The first-order chi connectivity index (χ1) is 18.3. The van der Waals surface area contributed by atoms with Crippen molar-refractivity contribution in [2.45, 2.75) is 17.7 Å². The number of hydrogen-bond acceptors (Lipinski definition) is 9. The monoisotopic (exact) mass is 572 g/mol. The molecule has 3 aromatic rings. The van der Waals surface area contributed by atoms with E-state index in [4.69, 9.17) is 31.8 Å². The van der Waals surface area contributed by atoms with Crippen LogP contribution in [-0.4, -0.2) is 74.9 Å². The Morgan fingerprint density at radius 3 is 2.29 bits per heavy atom. The number of amides is 1. The van der Waals surface area contributed by atoms with Gasteiger partial charge in [0.15, 0.2) is 5.13 Å². The molecule has 1 amide bonds. The van der Waals surface area contributed by atoms with Gasteiger partial charge in [-0.1, -0.05) is 22.9 Å². The lowest BCUT2D eigenvalue weighted by atomic mass is 10.2. The number of carbonyl (C=O) groups excluding carboxylic acids is 1. The molecule has 0 atom stereocenters. The Hall–Kier alpha value is -3.42. The largest absolute Gasteiger partial charge is 0.494 e. The highest BCUT2D eigenvalue weighted by Gasteiger charge is 2.27. The van der Waals surface area contributed by atoms with Crippen molar-refractivity contribution < 1.29 is 17.9 Å². The van der Waals surface area contributed by atoms with Crippen molar-refractivity contribution in [1.29, 1.82) is 10.5 Å². The van der Waals surface area contributed by atoms with Gasteiger partial charge < -0.3 is 14.5 Å². The molecule has 13 heteroatoms. The second-order valence-electron chi connectivity index (χ2n) is 8.45. The quantitative estimate of drug-likeness (QED) is 0.379.